The molecule has 5 heteroatoms. The molecule has 2 aromatic heterocycles. The summed E-state index contributed by atoms with van der Waals surface area (Å²) >= 11 is 1.65. The van der Waals surface area contributed by atoms with Gasteiger partial charge >= 0.3 is 0 Å². The van der Waals surface area contributed by atoms with Crippen LogP contribution in [-0.2, 0) is 7.05 Å². The summed E-state index contributed by atoms with van der Waals surface area (Å²) in [5, 5.41) is 8.70. The smallest absolute Gasteiger partial charge is 0.142 e. The van der Waals surface area contributed by atoms with Crippen LogP contribution in [0.15, 0.2) is 41.6 Å². The van der Waals surface area contributed by atoms with Crippen molar-refractivity contribution in [1.82, 2.24) is 14.5 Å². The molecule has 0 spiro atoms. The SMILES string of the molecule is Cc1ccc2c(c1)nc(-c1ccncc1SCCC#N)n2C. The number of nitrogens with zero attached hydrogens (tertiary/aromatic N) is 4. The fourth-order valence-electron chi connectivity index (χ4n) is 2.44. The maximum atomic E-state index is 8.70. The number of rotatable bonds is 4. The van der Waals surface area contributed by atoms with Crippen molar-refractivity contribution in [3.63, 3.8) is 0 Å². The monoisotopic (exact) mass is 308 g/mol. The number of thioether (sulfide) groups is 1. The zero-order valence-corrected chi connectivity index (χ0v) is 13.4. The van der Waals surface area contributed by atoms with E-state index >= 15 is 0 Å². The Bertz CT molecular complexity index is 861. The molecule has 0 fully saturated rings. The normalized spacial score (nSPS) is 10.8. The molecule has 0 aliphatic heterocycles. The highest BCUT2D eigenvalue weighted by atomic mass is 32.2. The largest absolute Gasteiger partial charge is 0.327 e. The van der Waals surface area contributed by atoms with E-state index in [9.17, 15) is 0 Å². The highest BCUT2D eigenvalue weighted by Crippen LogP contribution is 2.32. The third-order valence-electron chi connectivity index (χ3n) is 3.53. The van der Waals surface area contributed by atoms with Gasteiger partial charge in [0.25, 0.3) is 0 Å². The van der Waals surface area contributed by atoms with Gasteiger partial charge in [0.05, 0.1) is 17.1 Å². The number of aryl methyl sites for hydroxylation is 2. The Labute approximate surface area is 133 Å². The van der Waals surface area contributed by atoms with Gasteiger partial charge in [0.1, 0.15) is 5.82 Å². The molecule has 0 aliphatic carbocycles. The quantitative estimate of drug-likeness (QED) is 0.541. The van der Waals surface area contributed by atoms with E-state index in [1.165, 1.54) is 5.56 Å². The second kappa shape index (κ2) is 6.20. The fourth-order valence-corrected chi connectivity index (χ4v) is 3.30. The summed E-state index contributed by atoms with van der Waals surface area (Å²) in [6.45, 7) is 2.07. The standard InChI is InChI=1S/C17H16N4S/c1-12-4-5-15-14(10-12)20-17(21(15)2)13-6-8-19-11-16(13)22-9-3-7-18/h4-6,8,10-11H,3,9H2,1-2H3. The molecule has 22 heavy (non-hydrogen) atoms. The van der Waals surface area contributed by atoms with E-state index in [-0.39, 0.29) is 0 Å². The molecule has 0 aliphatic rings. The first-order valence-electron chi connectivity index (χ1n) is 7.08. The summed E-state index contributed by atoms with van der Waals surface area (Å²) in [6.07, 6.45) is 4.16. The van der Waals surface area contributed by atoms with E-state index in [1.54, 1.807) is 18.0 Å². The Kier molecular flexibility index (Phi) is 4.12. The van der Waals surface area contributed by atoms with Crippen LogP contribution in [0.4, 0.5) is 0 Å². The summed E-state index contributed by atoms with van der Waals surface area (Å²) in [7, 11) is 2.03. The van der Waals surface area contributed by atoms with E-state index in [0.717, 1.165) is 33.1 Å². The van der Waals surface area contributed by atoms with Crippen molar-refractivity contribution in [1.29, 1.82) is 5.26 Å². The Morgan fingerprint density at radius 3 is 3.00 bits per heavy atom. The van der Waals surface area contributed by atoms with Gasteiger partial charge in [-0.15, -0.1) is 11.8 Å². The lowest BCUT2D eigenvalue weighted by Crippen LogP contribution is -1.95. The van der Waals surface area contributed by atoms with Crippen LogP contribution in [-0.4, -0.2) is 20.3 Å². The van der Waals surface area contributed by atoms with Crippen LogP contribution in [0.1, 0.15) is 12.0 Å². The maximum absolute atomic E-state index is 8.70. The van der Waals surface area contributed by atoms with E-state index < -0.39 is 0 Å². The minimum absolute atomic E-state index is 0.529. The number of nitriles is 1. The number of aromatic nitrogens is 3. The molecule has 0 N–H and O–H groups in total. The van der Waals surface area contributed by atoms with Crippen LogP contribution >= 0.6 is 11.8 Å². The van der Waals surface area contributed by atoms with Crippen molar-refractivity contribution in [2.45, 2.75) is 18.2 Å². The Hall–Kier alpha value is -2.32. The molecule has 4 nitrogen and oxygen atoms in total. The number of fused-ring (bicyclic) bond motifs is 1. The summed E-state index contributed by atoms with van der Waals surface area (Å²) in [5.41, 5.74) is 4.39. The lowest BCUT2D eigenvalue weighted by Gasteiger charge is -2.08. The maximum Gasteiger partial charge on any atom is 0.142 e. The van der Waals surface area contributed by atoms with Crippen LogP contribution in [0, 0.1) is 18.3 Å². The zero-order chi connectivity index (χ0) is 15.5. The second-order valence-electron chi connectivity index (χ2n) is 5.12. The van der Waals surface area contributed by atoms with E-state index in [2.05, 4.69) is 40.7 Å². The number of benzene rings is 1. The number of hydrogen-bond acceptors (Lipinski definition) is 4. The molecule has 0 radical (unpaired) electrons. The lowest BCUT2D eigenvalue weighted by atomic mass is 10.2. The predicted molar refractivity (Wildman–Crippen MR) is 89.6 cm³/mol. The molecule has 0 saturated heterocycles. The third kappa shape index (κ3) is 2.70. The molecule has 3 aromatic rings. The molecular weight excluding hydrogens is 292 g/mol. The molecule has 110 valence electrons. The van der Waals surface area contributed by atoms with Gasteiger partial charge in [0.2, 0.25) is 0 Å². The van der Waals surface area contributed by atoms with Crippen molar-refractivity contribution >= 4 is 22.8 Å². The Morgan fingerprint density at radius 1 is 1.32 bits per heavy atom. The van der Waals surface area contributed by atoms with Gasteiger partial charge in [-0.1, -0.05) is 6.07 Å². The fraction of sp³-hybridized carbons (Fsp3) is 0.235. The lowest BCUT2D eigenvalue weighted by molar-refractivity contribution is 0.952. The van der Waals surface area contributed by atoms with Gasteiger partial charge in [-0.25, -0.2) is 4.98 Å². The summed E-state index contributed by atoms with van der Waals surface area (Å²) in [5.74, 6) is 1.69. The minimum Gasteiger partial charge on any atom is -0.327 e. The molecule has 0 unspecified atom stereocenters. The summed E-state index contributed by atoms with van der Waals surface area (Å²) in [6, 6.07) is 10.5. The van der Waals surface area contributed by atoms with Gasteiger partial charge in [-0.3, -0.25) is 4.98 Å². The molecule has 1 aromatic carbocycles. The second-order valence-corrected chi connectivity index (χ2v) is 6.25. The van der Waals surface area contributed by atoms with Crippen LogP contribution in [0.3, 0.4) is 0 Å². The van der Waals surface area contributed by atoms with Gasteiger partial charge < -0.3 is 4.57 Å². The van der Waals surface area contributed by atoms with Crippen LogP contribution in [0.25, 0.3) is 22.4 Å². The highest BCUT2D eigenvalue weighted by Gasteiger charge is 2.13. The Morgan fingerprint density at radius 2 is 2.18 bits per heavy atom. The molecule has 3 rings (SSSR count). The van der Waals surface area contributed by atoms with E-state index in [0.29, 0.717) is 6.42 Å². The minimum atomic E-state index is 0.529. The molecular formula is C17H16N4S. The summed E-state index contributed by atoms with van der Waals surface area (Å²) < 4.78 is 2.11. The molecule has 2 heterocycles. The van der Waals surface area contributed by atoms with Gasteiger partial charge in [0.15, 0.2) is 0 Å². The molecule has 0 atom stereocenters. The molecule has 0 saturated carbocycles. The van der Waals surface area contributed by atoms with Crippen molar-refractivity contribution in [3.8, 4) is 17.5 Å². The van der Waals surface area contributed by atoms with Crippen molar-refractivity contribution in [3.05, 3.63) is 42.2 Å². The van der Waals surface area contributed by atoms with Crippen LogP contribution in [0.2, 0.25) is 0 Å². The number of imidazole rings is 1. The molecule has 0 bridgehead atoms. The van der Waals surface area contributed by atoms with E-state index in [4.69, 9.17) is 10.2 Å². The zero-order valence-electron chi connectivity index (χ0n) is 12.6. The van der Waals surface area contributed by atoms with E-state index in [1.807, 2.05) is 19.3 Å². The Balaban J connectivity index is 2.08. The van der Waals surface area contributed by atoms with Crippen molar-refractivity contribution in [2.24, 2.45) is 7.05 Å². The van der Waals surface area contributed by atoms with Crippen LogP contribution < -0.4 is 0 Å². The average molecular weight is 308 g/mol. The first-order valence-corrected chi connectivity index (χ1v) is 8.06. The van der Waals surface area contributed by atoms with Gasteiger partial charge in [0, 0.05) is 42.1 Å². The molecule has 0 amide bonds. The first-order chi connectivity index (χ1) is 10.7. The van der Waals surface area contributed by atoms with Gasteiger partial charge in [-0.05, 0) is 30.7 Å². The number of pyridine rings is 1. The summed E-state index contributed by atoms with van der Waals surface area (Å²) in [4.78, 5) is 10.1. The highest BCUT2D eigenvalue weighted by molar-refractivity contribution is 7.99. The third-order valence-corrected chi connectivity index (χ3v) is 4.58. The van der Waals surface area contributed by atoms with Crippen LogP contribution in [0.5, 0.6) is 0 Å². The van der Waals surface area contributed by atoms with Gasteiger partial charge in [-0.2, -0.15) is 5.26 Å². The average Bonchev–Trinajstić information content (AvgIpc) is 2.84. The number of hydrogen-bond donors (Lipinski definition) is 0. The topological polar surface area (TPSA) is 54.5 Å². The van der Waals surface area contributed by atoms with Crippen molar-refractivity contribution in [2.75, 3.05) is 5.75 Å². The first kappa shape index (κ1) is 14.6. The predicted octanol–water partition coefficient (Wildman–Crippen LogP) is 3.95. The van der Waals surface area contributed by atoms with Crippen molar-refractivity contribution < 1.29 is 0 Å².